The third-order valence-electron chi connectivity index (χ3n) is 6.36. The summed E-state index contributed by atoms with van der Waals surface area (Å²) in [5.74, 6) is 1.51. The van der Waals surface area contributed by atoms with E-state index in [-0.39, 0.29) is 11.8 Å². The molecule has 0 aromatic heterocycles. The van der Waals surface area contributed by atoms with Gasteiger partial charge in [-0.1, -0.05) is 60.7 Å². The topological polar surface area (TPSA) is 51.2 Å². The van der Waals surface area contributed by atoms with Crippen molar-refractivity contribution in [3.05, 3.63) is 89.5 Å². The van der Waals surface area contributed by atoms with Crippen LogP contribution in [0.3, 0.4) is 0 Å². The van der Waals surface area contributed by atoms with E-state index in [4.69, 9.17) is 14.2 Å². The van der Waals surface area contributed by atoms with Crippen LogP contribution in [0.2, 0.25) is 0 Å². The fourth-order valence-corrected chi connectivity index (χ4v) is 4.60. The van der Waals surface area contributed by atoms with Gasteiger partial charge in [-0.2, -0.15) is 0 Å². The fraction of sp³-hybridized carbons (Fsp3) is 0.321. The monoisotopic (exact) mass is 460 g/mol. The molecule has 0 spiro atoms. The van der Waals surface area contributed by atoms with E-state index in [1.807, 2.05) is 0 Å². The van der Waals surface area contributed by atoms with Gasteiger partial charge in [-0.25, -0.2) is 0 Å². The zero-order valence-electron chi connectivity index (χ0n) is 20.1. The van der Waals surface area contributed by atoms with Crippen LogP contribution in [0.5, 0.6) is 17.2 Å². The minimum absolute atomic E-state index is 0.0374. The van der Waals surface area contributed by atoms with Gasteiger partial charge in [0.1, 0.15) is 0 Å². The van der Waals surface area contributed by atoms with E-state index in [2.05, 4.69) is 70.5 Å². The van der Waals surface area contributed by atoms with Gasteiger partial charge in [-0.05, 0) is 23.3 Å². The summed E-state index contributed by atoms with van der Waals surface area (Å²) in [7, 11) is 4.67. The Hall–Kier alpha value is -3.35. The van der Waals surface area contributed by atoms with E-state index in [1.165, 1.54) is 11.1 Å². The predicted octanol–water partition coefficient (Wildman–Crippen LogP) is 4.30. The second-order valence-electron chi connectivity index (χ2n) is 8.37. The Labute approximate surface area is 201 Å². The molecule has 1 heterocycles. The molecule has 4 rings (SSSR count). The van der Waals surface area contributed by atoms with Crippen molar-refractivity contribution in [3.8, 4) is 17.2 Å². The lowest BCUT2D eigenvalue weighted by Gasteiger charge is -2.39. The molecule has 0 radical (unpaired) electrons. The van der Waals surface area contributed by atoms with Crippen LogP contribution in [0.4, 0.5) is 0 Å². The van der Waals surface area contributed by atoms with Crippen LogP contribution >= 0.6 is 0 Å². The molecule has 0 unspecified atom stereocenters. The van der Waals surface area contributed by atoms with Crippen LogP contribution in [0.25, 0.3) is 0 Å². The summed E-state index contributed by atoms with van der Waals surface area (Å²) in [5.41, 5.74) is 3.13. The van der Waals surface area contributed by atoms with Crippen molar-refractivity contribution in [1.29, 1.82) is 0 Å². The maximum absolute atomic E-state index is 13.1. The van der Waals surface area contributed by atoms with E-state index in [0.29, 0.717) is 29.4 Å². The molecule has 3 aromatic rings. The van der Waals surface area contributed by atoms with Crippen LogP contribution < -0.4 is 14.2 Å². The number of nitrogens with zero attached hydrogens (tertiary/aromatic N) is 2. The molecule has 6 heteroatoms. The molecule has 6 nitrogen and oxygen atoms in total. The zero-order chi connectivity index (χ0) is 23.9. The number of carbonyl (C=O) groups excluding carboxylic acids is 1. The molecule has 0 saturated carbocycles. The molecule has 0 atom stereocenters. The predicted molar refractivity (Wildman–Crippen MR) is 133 cm³/mol. The summed E-state index contributed by atoms with van der Waals surface area (Å²) in [6, 6.07) is 24.9. The number of ether oxygens (including phenoxy) is 3. The maximum atomic E-state index is 13.1. The van der Waals surface area contributed by atoms with Crippen LogP contribution in [0.1, 0.15) is 27.5 Å². The van der Waals surface area contributed by atoms with Crippen molar-refractivity contribution in [3.63, 3.8) is 0 Å². The molecule has 0 N–H and O–H groups in total. The first-order valence-electron chi connectivity index (χ1n) is 11.5. The first kappa shape index (κ1) is 23.8. The lowest BCUT2D eigenvalue weighted by atomic mass is 9.96. The molecule has 1 aliphatic rings. The molecule has 0 bridgehead atoms. The highest BCUT2D eigenvalue weighted by molar-refractivity contribution is 5.98. The van der Waals surface area contributed by atoms with E-state index in [0.717, 1.165) is 26.2 Å². The van der Waals surface area contributed by atoms with E-state index in [9.17, 15) is 4.79 Å². The Morgan fingerprint density at radius 1 is 0.765 bits per heavy atom. The summed E-state index contributed by atoms with van der Waals surface area (Å²) in [6.45, 7) is 3.78. The van der Waals surface area contributed by atoms with Crippen molar-refractivity contribution in [1.82, 2.24) is 9.80 Å². The van der Waals surface area contributed by atoms with Crippen LogP contribution in [-0.4, -0.2) is 69.6 Å². The summed E-state index contributed by atoms with van der Waals surface area (Å²) >= 11 is 0. The van der Waals surface area contributed by atoms with Gasteiger partial charge in [0.25, 0.3) is 0 Å². The lowest BCUT2D eigenvalue weighted by molar-refractivity contribution is 0.0807. The van der Waals surface area contributed by atoms with Crippen molar-refractivity contribution < 1.29 is 19.0 Å². The molecule has 0 amide bonds. The normalized spacial score (nSPS) is 14.7. The highest BCUT2D eigenvalue weighted by Gasteiger charge is 2.27. The largest absolute Gasteiger partial charge is 0.493 e. The Morgan fingerprint density at radius 3 is 1.71 bits per heavy atom. The van der Waals surface area contributed by atoms with Gasteiger partial charge < -0.3 is 14.2 Å². The number of rotatable bonds is 9. The maximum Gasteiger partial charge on any atom is 0.203 e. The van der Waals surface area contributed by atoms with Gasteiger partial charge in [0.2, 0.25) is 5.75 Å². The number of methoxy groups -OCH3 is 3. The SMILES string of the molecule is COc1cc(C(=O)CN2CCN(C(c3ccccc3)c3ccccc3)CC2)cc(OC)c1OC. The number of ketones is 1. The number of Topliss-reactive ketones (excluding diaryl/α,β-unsaturated/α-hetero) is 1. The molecule has 0 aliphatic carbocycles. The van der Waals surface area contributed by atoms with Crippen molar-refractivity contribution >= 4 is 5.78 Å². The van der Waals surface area contributed by atoms with Gasteiger partial charge >= 0.3 is 0 Å². The summed E-state index contributed by atoms with van der Waals surface area (Å²) in [4.78, 5) is 17.8. The van der Waals surface area contributed by atoms with E-state index >= 15 is 0 Å². The molecule has 1 saturated heterocycles. The van der Waals surface area contributed by atoms with Gasteiger partial charge in [0, 0.05) is 31.7 Å². The average Bonchev–Trinajstić information content (AvgIpc) is 2.90. The smallest absolute Gasteiger partial charge is 0.203 e. The van der Waals surface area contributed by atoms with Crippen LogP contribution in [0, 0.1) is 0 Å². The van der Waals surface area contributed by atoms with Gasteiger partial charge in [-0.15, -0.1) is 0 Å². The number of carbonyl (C=O) groups is 1. The first-order valence-corrected chi connectivity index (χ1v) is 11.5. The number of piperazine rings is 1. The molecule has 3 aromatic carbocycles. The Bertz CT molecular complexity index is 1020. The highest BCUT2D eigenvalue weighted by atomic mass is 16.5. The third kappa shape index (κ3) is 5.24. The van der Waals surface area contributed by atoms with E-state index in [1.54, 1.807) is 33.5 Å². The Kier molecular flexibility index (Phi) is 7.83. The van der Waals surface area contributed by atoms with Crippen molar-refractivity contribution in [2.75, 3.05) is 54.1 Å². The van der Waals surface area contributed by atoms with Crippen LogP contribution in [-0.2, 0) is 0 Å². The number of benzene rings is 3. The minimum Gasteiger partial charge on any atom is -0.493 e. The van der Waals surface area contributed by atoms with Gasteiger partial charge in [0.15, 0.2) is 17.3 Å². The quantitative estimate of drug-likeness (QED) is 0.444. The Balaban J connectivity index is 1.45. The summed E-state index contributed by atoms with van der Waals surface area (Å²) < 4.78 is 16.2. The number of hydrogen-bond acceptors (Lipinski definition) is 6. The molecular formula is C28H32N2O4. The lowest BCUT2D eigenvalue weighted by Crippen LogP contribution is -2.49. The average molecular weight is 461 g/mol. The van der Waals surface area contributed by atoms with Crippen molar-refractivity contribution in [2.24, 2.45) is 0 Å². The molecule has 1 fully saturated rings. The summed E-state index contributed by atoms with van der Waals surface area (Å²) in [6.07, 6.45) is 0. The molecule has 34 heavy (non-hydrogen) atoms. The summed E-state index contributed by atoms with van der Waals surface area (Å²) in [5, 5.41) is 0. The minimum atomic E-state index is 0.0374. The van der Waals surface area contributed by atoms with Gasteiger partial charge in [-0.3, -0.25) is 14.6 Å². The van der Waals surface area contributed by atoms with E-state index < -0.39 is 0 Å². The molecule has 1 aliphatic heterocycles. The molecule has 178 valence electrons. The number of hydrogen-bond donors (Lipinski definition) is 0. The Morgan fingerprint density at radius 2 is 1.26 bits per heavy atom. The van der Waals surface area contributed by atoms with Crippen LogP contribution in [0.15, 0.2) is 72.8 Å². The van der Waals surface area contributed by atoms with Crippen molar-refractivity contribution in [2.45, 2.75) is 6.04 Å². The third-order valence-corrected chi connectivity index (χ3v) is 6.36. The highest BCUT2D eigenvalue weighted by Crippen LogP contribution is 2.38. The standard InChI is InChI=1S/C28H32N2O4/c1-32-25-18-23(19-26(33-2)28(25)34-3)24(31)20-29-14-16-30(17-15-29)27(21-10-6-4-7-11-21)22-12-8-5-9-13-22/h4-13,18-19,27H,14-17,20H2,1-3H3. The second kappa shape index (κ2) is 11.2. The fourth-order valence-electron chi connectivity index (χ4n) is 4.60. The van der Waals surface area contributed by atoms with Gasteiger partial charge in [0.05, 0.1) is 33.9 Å². The molecular weight excluding hydrogens is 428 g/mol. The second-order valence-corrected chi connectivity index (χ2v) is 8.37. The zero-order valence-corrected chi connectivity index (χ0v) is 20.1. The first-order chi connectivity index (χ1) is 16.6.